The van der Waals surface area contributed by atoms with Gasteiger partial charge in [0.05, 0.1) is 13.2 Å². The summed E-state index contributed by atoms with van der Waals surface area (Å²) in [7, 11) is 3.07. The average molecular weight is 173 g/mol. The summed E-state index contributed by atoms with van der Waals surface area (Å²) in [4.78, 5) is 11.1. The fourth-order valence-electron chi connectivity index (χ4n) is 1.42. The Morgan fingerprint density at radius 2 is 2.25 bits per heavy atom. The number of carbonyl (C=O) groups is 1. The standard InChI is InChI=1S/C8H15NO3/c1-11-6-3-4-9-7(5-6)8(10)12-2/h6-7,9H,3-5H2,1-2H3/t6-,7-/m1/s1. The summed E-state index contributed by atoms with van der Waals surface area (Å²) in [6.45, 7) is 0.818. The molecule has 0 radical (unpaired) electrons. The van der Waals surface area contributed by atoms with Gasteiger partial charge < -0.3 is 14.8 Å². The second-order valence-corrected chi connectivity index (χ2v) is 2.91. The summed E-state index contributed by atoms with van der Waals surface area (Å²) < 4.78 is 9.79. The van der Waals surface area contributed by atoms with E-state index in [9.17, 15) is 4.79 Å². The fourth-order valence-corrected chi connectivity index (χ4v) is 1.42. The van der Waals surface area contributed by atoms with Crippen LogP contribution < -0.4 is 5.32 Å². The van der Waals surface area contributed by atoms with E-state index in [0.29, 0.717) is 6.42 Å². The van der Waals surface area contributed by atoms with Crippen LogP contribution in [0.25, 0.3) is 0 Å². The van der Waals surface area contributed by atoms with Gasteiger partial charge in [-0.3, -0.25) is 4.79 Å². The molecule has 1 rings (SSSR count). The van der Waals surface area contributed by atoms with Crippen LogP contribution in [-0.4, -0.2) is 38.9 Å². The van der Waals surface area contributed by atoms with Crippen molar-refractivity contribution in [2.24, 2.45) is 0 Å². The highest BCUT2D eigenvalue weighted by Crippen LogP contribution is 2.12. The van der Waals surface area contributed by atoms with Crippen molar-refractivity contribution in [1.82, 2.24) is 5.32 Å². The Morgan fingerprint density at radius 3 is 2.83 bits per heavy atom. The zero-order valence-electron chi connectivity index (χ0n) is 7.50. The predicted octanol–water partition coefficient (Wildman–Crippen LogP) is -0.0736. The van der Waals surface area contributed by atoms with E-state index in [0.717, 1.165) is 13.0 Å². The maximum Gasteiger partial charge on any atom is 0.322 e. The molecule has 0 aromatic carbocycles. The summed E-state index contributed by atoms with van der Waals surface area (Å²) in [6, 6.07) is -0.186. The molecule has 1 heterocycles. The van der Waals surface area contributed by atoms with Crippen LogP contribution in [0.1, 0.15) is 12.8 Å². The molecule has 0 unspecified atom stereocenters. The number of nitrogens with one attached hydrogen (secondary N) is 1. The molecule has 2 atom stereocenters. The lowest BCUT2D eigenvalue weighted by atomic mass is 10.0. The molecular weight excluding hydrogens is 158 g/mol. The minimum atomic E-state index is -0.197. The first-order chi connectivity index (χ1) is 5.77. The van der Waals surface area contributed by atoms with E-state index >= 15 is 0 Å². The summed E-state index contributed by atoms with van der Waals surface area (Å²) in [5.41, 5.74) is 0. The molecule has 1 aliphatic rings. The van der Waals surface area contributed by atoms with Crippen molar-refractivity contribution >= 4 is 5.97 Å². The number of ether oxygens (including phenoxy) is 2. The third-order valence-corrected chi connectivity index (χ3v) is 2.17. The molecule has 0 saturated carbocycles. The molecule has 70 valence electrons. The predicted molar refractivity (Wildman–Crippen MR) is 43.8 cm³/mol. The quantitative estimate of drug-likeness (QED) is 0.594. The lowest BCUT2D eigenvalue weighted by Crippen LogP contribution is -2.46. The zero-order valence-corrected chi connectivity index (χ0v) is 7.50. The number of methoxy groups -OCH3 is 2. The van der Waals surface area contributed by atoms with E-state index in [1.165, 1.54) is 7.11 Å². The first-order valence-corrected chi connectivity index (χ1v) is 4.12. The molecule has 4 nitrogen and oxygen atoms in total. The molecule has 1 saturated heterocycles. The van der Waals surface area contributed by atoms with E-state index in [2.05, 4.69) is 10.1 Å². The maximum atomic E-state index is 11.1. The first kappa shape index (κ1) is 9.48. The molecule has 1 N–H and O–H groups in total. The first-order valence-electron chi connectivity index (χ1n) is 4.12. The van der Waals surface area contributed by atoms with Gasteiger partial charge in [-0.05, 0) is 19.4 Å². The molecule has 4 heteroatoms. The van der Waals surface area contributed by atoms with Crippen molar-refractivity contribution in [3.63, 3.8) is 0 Å². The van der Waals surface area contributed by atoms with E-state index in [-0.39, 0.29) is 18.1 Å². The Bertz CT molecular complexity index is 160. The van der Waals surface area contributed by atoms with Crippen molar-refractivity contribution in [2.45, 2.75) is 25.0 Å². The van der Waals surface area contributed by atoms with Gasteiger partial charge in [-0.15, -0.1) is 0 Å². The van der Waals surface area contributed by atoms with Crippen LogP contribution in [0.2, 0.25) is 0 Å². The van der Waals surface area contributed by atoms with Crippen LogP contribution in [0.4, 0.5) is 0 Å². The molecule has 12 heavy (non-hydrogen) atoms. The van der Waals surface area contributed by atoms with Gasteiger partial charge in [-0.2, -0.15) is 0 Å². The van der Waals surface area contributed by atoms with Crippen LogP contribution in [0.3, 0.4) is 0 Å². The van der Waals surface area contributed by atoms with Gasteiger partial charge in [0.2, 0.25) is 0 Å². The Hall–Kier alpha value is -0.610. The van der Waals surface area contributed by atoms with Crippen molar-refractivity contribution < 1.29 is 14.3 Å². The summed E-state index contributed by atoms with van der Waals surface area (Å²) >= 11 is 0. The number of esters is 1. The maximum absolute atomic E-state index is 11.1. The Kier molecular flexibility index (Phi) is 3.49. The van der Waals surface area contributed by atoms with Crippen LogP contribution in [0.15, 0.2) is 0 Å². The Labute approximate surface area is 72.2 Å². The smallest absolute Gasteiger partial charge is 0.322 e. The lowest BCUT2D eigenvalue weighted by molar-refractivity contribution is -0.145. The van der Waals surface area contributed by atoms with Crippen LogP contribution in [0, 0.1) is 0 Å². The van der Waals surface area contributed by atoms with Crippen molar-refractivity contribution in [2.75, 3.05) is 20.8 Å². The van der Waals surface area contributed by atoms with E-state index < -0.39 is 0 Å². The minimum absolute atomic E-state index is 0.186. The fraction of sp³-hybridized carbons (Fsp3) is 0.875. The Morgan fingerprint density at radius 1 is 1.50 bits per heavy atom. The third-order valence-electron chi connectivity index (χ3n) is 2.17. The third kappa shape index (κ3) is 2.19. The molecule has 1 fully saturated rings. The molecule has 0 aliphatic carbocycles. The lowest BCUT2D eigenvalue weighted by Gasteiger charge is -2.27. The van der Waals surface area contributed by atoms with Gasteiger partial charge in [-0.25, -0.2) is 0 Å². The van der Waals surface area contributed by atoms with Crippen LogP contribution in [-0.2, 0) is 14.3 Å². The number of carbonyl (C=O) groups excluding carboxylic acids is 1. The molecule has 0 amide bonds. The van der Waals surface area contributed by atoms with E-state index in [1.807, 2.05) is 0 Å². The van der Waals surface area contributed by atoms with Crippen molar-refractivity contribution in [3.05, 3.63) is 0 Å². The summed E-state index contributed by atoms with van der Waals surface area (Å²) in [6.07, 6.45) is 1.86. The van der Waals surface area contributed by atoms with Gasteiger partial charge in [0.15, 0.2) is 0 Å². The number of rotatable bonds is 2. The van der Waals surface area contributed by atoms with Gasteiger partial charge in [0.25, 0.3) is 0 Å². The van der Waals surface area contributed by atoms with Gasteiger partial charge in [-0.1, -0.05) is 0 Å². The van der Waals surface area contributed by atoms with E-state index in [1.54, 1.807) is 7.11 Å². The SMILES string of the molecule is COC(=O)[C@H]1C[C@H](OC)CCN1. The highest BCUT2D eigenvalue weighted by Gasteiger charge is 2.26. The van der Waals surface area contributed by atoms with Crippen LogP contribution >= 0.6 is 0 Å². The van der Waals surface area contributed by atoms with Gasteiger partial charge >= 0.3 is 5.97 Å². The highest BCUT2D eigenvalue weighted by atomic mass is 16.5. The monoisotopic (exact) mass is 173 g/mol. The van der Waals surface area contributed by atoms with E-state index in [4.69, 9.17) is 4.74 Å². The van der Waals surface area contributed by atoms with Gasteiger partial charge in [0.1, 0.15) is 6.04 Å². The highest BCUT2D eigenvalue weighted by molar-refractivity contribution is 5.75. The number of piperidine rings is 1. The van der Waals surface area contributed by atoms with Crippen molar-refractivity contribution in [3.8, 4) is 0 Å². The number of hydrogen-bond acceptors (Lipinski definition) is 4. The minimum Gasteiger partial charge on any atom is -0.468 e. The van der Waals surface area contributed by atoms with Crippen molar-refractivity contribution in [1.29, 1.82) is 0 Å². The average Bonchev–Trinajstić information content (AvgIpc) is 2.17. The van der Waals surface area contributed by atoms with Crippen LogP contribution in [0.5, 0.6) is 0 Å². The normalized spacial score (nSPS) is 29.8. The zero-order chi connectivity index (χ0) is 8.97. The summed E-state index contributed by atoms with van der Waals surface area (Å²) in [5.74, 6) is -0.197. The largest absolute Gasteiger partial charge is 0.468 e. The Balaban J connectivity index is 2.40. The molecule has 0 aromatic rings. The second kappa shape index (κ2) is 4.42. The summed E-state index contributed by atoms with van der Waals surface area (Å²) in [5, 5.41) is 3.08. The second-order valence-electron chi connectivity index (χ2n) is 2.91. The molecule has 0 spiro atoms. The topological polar surface area (TPSA) is 47.6 Å². The molecule has 1 aliphatic heterocycles. The van der Waals surface area contributed by atoms with Gasteiger partial charge in [0, 0.05) is 7.11 Å². The molecular formula is C8H15NO3. The molecule has 0 bridgehead atoms. The number of hydrogen-bond donors (Lipinski definition) is 1. The molecule has 0 aromatic heterocycles.